The van der Waals surface area contributed by atoms with Crippen molar-refractivity contribution in [2.24, 2.45) is 0 Å². The SMILES string of the molecule is O=C(O)N1CCC(c2ccnc3ccccc23)CC1. The molecule has 3 rings (SSSR count). The zero-order valence-electron chi connectivity index (χ0n) is 10.6. The van der Waals surface area contributed by atoms with Crippen LogP contribution in [0.1, 0.15) is 24.3 Å². The van der Waals surface area contributed by atoms with E-state index < -0.39 is 6.09 Å². The van der Waals surface area contributed by atoms with Crippen molar-refractivity contribution in [3.05, 3.63) is 42.1 Å². The van der Waals surface area contributed by atoms with Crippen molar-refractivity contribution < 1.29 is 9.90 Å². The first-order valence-electron chi connectivity index (χ1n) is 6.57. The normalized spacial score (nSPS) is 16.7. The maximum Gasteiger partial charge on any atom is 0.407 e. The summed E-state index contributed by atoms with van der Waals surface area (Å²) in [6.07, 6.45) is 2.82. The van der Waals surface area contributed by atoms with Gasteiger partial charge in [0.2, 0.25) is 0 Å². The van der Waals surface area contributed by atoms with Crippen molar-refractivity contribution in [3.63, 3.8) is 0 Å². The van der Waals surface area contributed by atoms with Crippen molar-refractivity contribution in [1.29, 1.82) is 0 Å². The Hall–Kier alpha value is -2.10. The van der Waals surface area contributed by atoms with Gasteiger partial charge < -0.3 is 10.0 Å². The molecule has 98 valence electrons. The number of amides is 1. The van der Waals surface area contributed by atoms with Gasteiger partial charge in [-0.25, -0.2) is 4.79 Å². The van der Waals surface area contributed by atoms with Crippen molar-refractivity contribution in [3.8, 4) is 0 Å². The van der Waals surface area contributed by atoms with Gasteiger partial charge in [0.15, 0.2) is 0 Å². The van der Waals surface area contributed by atoms with Crippen LogP contribution in [-0.2, 0) is 0 Å². The molecule has 1 aliphatic rings. The minimum atomic E-state index is -0.807. The Bertz CT molecular complexity index is 599. The number of aromatic nitrogens is 1. The van der Waals surface area contributed by atoms with E-state index in [4.69, 9.17) is 5.11 Å². The highest BCUT2D eigenvalue weighted by Crippen LogP contribution is 2.32. The first-order chi connectivity index (χ1) is 9.25. The van der Waals surface area contributed by atoms with E-state index in [-0.39, 0.29) is 0 Å². The maximum absolute atomic E-state index is 10.9. The highest BCUT2D eigenvalue weighted by atomic mass is 16.4. The van der Waals surface area contributed by atoms with Crippen LogP contribution >= 0.6 is 0 Å². The Kier molecular flexibility index (Phi) is 3.07. The fourth-order valence-electron chi connectivity index (χ4n) is 2.86. The smallest absolute Gasteiger partial charge is 0.407 e. The number of hydrogen-bond donors (Lipinski definition) is 1. The molecule has 1 aromatic carbocycles. The Balaban J connectivity index is 1.88. The van der Waals surface area contributed by atoms with Gasteiger partial charge in [-0.1, -0.05) is 18.2 Å². The number of piperidine rings is 1. The third-order valence-electron chi connectivity index (χ3n) is 3.89. The van der Waals surface area contributed by atoms with Crippen LogP contribution in [0.2, 0.25) is 0 Å². The van der Waals surface area contributed by atoms with Crippen LogP contribution in [0.5, 0.6) is 0 Å². The lowest BCUT2D eigenvalue weighted by molar-refractivity contribution is 0.132. The number of pyridine rings is 1. The molecule has 1 N–H and O–H groups in total. The molecule has 0 unspecified atom stereocenters. The molecule has 19 heavy (non-hydrogen) atoms. The summed E-state index contributed by atoms with van der Waals surface area (Å²) in [4.78, 5) is 16.8. The highest BCUT2D eigenvalue weighted by molar-refractivity contribution is 5.82. The summed E-state index contributed by atoms with van der Waals surface area (Å²) in [5.41, 5.74) is 2.32. The standard InChI is InChI=1S/C15H16N2O2/c18-15(19)17-9-6-11(7-10-17)12-5-8-16-14-4-2-1-3-13(12)14/h1-5,8,11H,6-7,9-10H2,(H,18,19). The van der Waals surface area contributed by atoms with Gasteiger partial charge in [-0.2, -0.15) is 0 Å². The van der Waals surface area contributed by atoms with Crippen LogP contribution < -0.4 is 0 Å². The molecular formula is C15H16N2O2. The summed E-state index contributed by atoms with van der Waals surface area (Å²) in [6.45, 7) is 1.24. The van der Waals surface area contributed by atoms with E-state index >= 15 is 0 Å². The lowest BCUT2D eigenvalue weighted by Gasteiger charge is -2.30. The highest BCUT2D eigenvalue weighted by Gasteiger charge is 2.24. The topological polar surface area (TPSA) is 53.4 Å². The molecule has 0 radical (unpaired) electrons. The number of carbonyl (C=O) groups is 1. The number of carboxylic acid groups (broad SMARTS) is 1. The Morgan fingerprint density at radius 1 is 1.21 bits per heavy atom. The second kappa shape index (κ2) is 4.88. The number of hydrogen-bond acceptors (Lipinski definition) is 2. The number of fused-ring (bicyclic) bond motifs is 1. The zero-order valence-corrected chi connectivity index (χ0v) is 10.6. The first kappa shape index (κ1) is 12.0. The first-order valence-corrected chi connectivity index (χ1v) is 6.57. The van der Waals surface area contributed by atoms with Gasteiger partial charge in [0.05, 0.1) is 5.52 Å². The van der Waals surface area contributed by atoms with E-state index in [0.717, 1.165) is 18.4 Å². The Morgan fingerprint density at radius 2 is 1.95 bits per heavy atom. The molecule has 2 aromatic rings. The lowest BCUT2D eigenvalue weighted by Crippen LogP contribution is -2.36. The van der Waals surface area contributed by atoms with Crippen LogP contribution in [0.3, 0.4) is 0 Å². The summed E-state index contributed by atoms with van der Waals surface area (Å²) in [7, 11) is 0. The third kappa shape index (κ3) is 2.26. The average Bonchev–Trinajstić information content (AvgIpc) is 2.47. The Morgan fingerprint density at radius 3 is 2.68 bits per heavy atom. The molecule has 1 aliphatic heterocycles. The number of rotatable bonds is 1. The summed E-state index contributed by atoms with van der Waals surface area (Å²) < 4.78 is 0. The molecule has 0 bridgehead atoms. The second-order valence-electron chi connectivity index (χ2n) is 4.96. The van der Waals surface area contributed by atoms with E-state index in [1.807, 2.05) is 24.4 Å². The van der Waals surface area contributed by atoms with Crippen LogP contribution in [-0.4, -0.2) is 34.2 Å². The van der Waals surface area contributed by atoms with E-state index in [1.54, 1.807) is 0 Å². The molecular weight excluding hydrogens is 240 g/mol. The minimum Gasteiger partial charge on any atom is -0.465 e. The largest absolute Gasteiger partial charge is 0.465 e. The van der Waals surface area contributed by atoms with Gasteiger partial charge in [-0.3, -0.25) is 4.98 Å². The van der Waals surface area contributed by atoms with Gasteiger partial charge in [0.25, 0.3) is 0 Å². The quantitative estimate of drug-likeness (QED) is 0.853. The second-order valence-corrected chi connectivity index (χ2v) is 4.96. The van der Waals surface area contributed by atoms with Gasteiger partial charge in [0, 0.05) is 24.7 Å². The number of likely N-dealkylation sites (tertiary alicyclic amines) is 1. The van der Waals surface area contributed by atoms with Gasteiger partial charge in [-0.15, -0.1) is 0 Å². The predicted molar refractivity (Wildman–Crippen MR) is 73.3 cm³/mol. The lowest BCUT2D eigenvalue weighted by atomic mass is 9.87. The van der Waals surface area contributed by atoms with Crippen molar-refractivity contribution >= 4 is 17.0 Å². The molecule has 1 amide bonds. The Labute approximate surface area is 111 Å². The van der Waals surface area contributed by atoms with Crippen LogP contribution in [0.4, 0.5) is 4.79 Å². The van der Waals surface area contributed by atoms with Gasteiger partial charge in [0.1, 0.15) is 0 Å². The van der Waals surface area contributed by atoms with Crippen molar-refractivity contribution in [2.45, 2.75) is 18.8 Å². The molecule has 4 heteroatoms. The molecule has 0 spiro atoms. The molecule has 1 saturated heterocycles. The van der Waals surface area contributed by atoms with Crippen LogP contribution in [0.15, 0.2) is 36.5 Å². The zero-order chi connectivity index (χ0) is 13.2. The van der Waals surface area contributed by atoms with E-state index in [0.29, 0.717) is 19.0 Å². The van der Waals surface area contributed by atoms with Crippen LogP contribution in [0.25, 0.3) is 10.9 Å². The van der Waals surface area contributed by atoms with Crippen molar-refractivity contribution in [1.82, 2.24) is 9.88 Å². The van der Waals surface area contributed by atoms with Gasteiger partial charge >= 0.3 is 6.09 Å². The maximum atomic E-state index is 10.9. The molecule has 0 aliphatic carbocycles. The molecule has 0 saturated carbocycles. The summed E-state index contributed by atoms with van der Waals surface area (Å²) in [6, 6.07) is 10.2. The number of nitrogens with zero attached hydrogens (tertiary/aromatic N) is 2. The van der Waals surface area contributed by atoms with Gasteiger partial charge in [-0.05, 0) is 36.5 Å². The average molecular weight is 256 g/mol. The van der Waals surface area contributed by atoms with E-state index in [1.165, 1.54) is 15.8 Å². The fourth-order valence-corrected chi connectivity index (χ4v) is 2.86. The summed E-state index contributed by atoms with van der Waals surface area (Å²) in [5.74, 6) is 0.434. The molecule has 2 heterocycles. The molecule has 1 aromatic heterocycles. The van der Waals surface area contributed by atoms with Crippen molar-refractivity contribution in [2.75, 3.05) is 13.1 Å². The monoisotopic (exact) mass is 256 g/mol. The molecule has 1 fully saturated rings. The van der Waals surface area contributed by atoms with E-state index in [9.17, 15) is 4.79 Å². The van der Waals surface area contributed by atoms with Crippen LogP contribution in [0, 0.1) is 0 Å². The molecule has 4 nitrogen and oxygen atoms in total. The number of benzene rings is 1. The van der Waals surface area contributed by atoms with E-state index in [2.05, 4.69) is 17.1 Å². The predicted octanol–water partition coefficient (Wildman–Crippen LogP) is 3.09. The molecule has 0 atom stereocenters. The third-order valence-corrected chi connectivity index (χ3v) is 3.89. The summed E-state index contributed by atoms with van der Waals surface area (Å²) >= 11 is 0. The fraction of sp³-hybridized carbons (Fsp3) is 0.333. The summed E-state index contributed by atoms with van der Waals surface area (Å²) in [5, 5.41) is 10.2. The number of para-hydroxylation sites is 1. The minimum absolute atomic E-state index is 0.434.